The van der Waals surface area contributed by atoms with Gasteiger partial charge in [0.15, 0.2) is 0 Å². The summed E-state index contributed by atoms with van der Waals surface area (Å²) in [6.07, 6.45) is 8.34. The minimum absolute atomic E-state index is 0.116. The largest absolute Gasteiger partial charge is 0.307 e. The van der Waals surface area contributed by atoms with E-state index in [0.29, 0.717) is 6.42 Å². The molecule has 5 heteroatoms. The molecule has 2 heterocycles. The van der Waals surface area contributed by atoms with Crippen LogP contribution in [-0.2, 0) is 14.4 Å². The summed E-state index contributed by atoms with van der Waals surface area (Å²) in [6, 6.07) is 0.282. The average Bonchev–Trinajstić information content (AvgIpc) is 2.56. The highest BCUT2D eigenvalue weighted by Gasteiger charge is 2.25. The summed E-state index contributed by atoms with van der Waals surface area (Å²) in [5.41, 5.74) is 0. The minimum atomic E-state index is 0.116. The van der Waals surface area contributed by atoms with Crippen LogP contribution in [0.5, 0.6) is 0 Å². The first-order chi connectivity index (χ1) is 11.4. The highest BCUT2D eigenvalue weighted by molar-refractivity contribution is 5.81. The second-order valence-electron chi connectivity index (χ2n) is 7.08. The maximum atomic E-state index is 11.4. The summed E-state index contributed by atoms with van der Waals surface area (Å²) < 4.78 is 0. The molecule has 2 rings (SSSR count). The Labute approximate surface area is 146 Å². The fourth-order valence-corrected chi connectivity index (χ4v) is 3.45. The summed E-state index contributed by atoms with van der Waals surface area (Å²) in [5.74, 6) is 0.804. The van der Waals surface area contributed by atoms with Crippen molar-refractivity contribution in [3.63, 3.8) is 0 Å². The molecule has 5 nitrogen and oxygen atoms in total. The minimum Gasteiger partial charge on any atom is -0.307 e. The van der Waals surface area contributed by atoms with Gasteiger partial charge in [-0.15, -0.1) is 0 Å². The molecule has 2 fully saturated rings. The summed E-state index contributed by atoms with van der Waals surface area (Å²) in [5, 5.41) is 3.17. The zero-order valence-corrected chi connectivity index (χ0v) is 15.6. The summed E-state index contributed by atoms with van der Waals surface area (Å²) >= 11 is 0. The number of Topliss-reactive ketones (excluding diaryl/α,β-unsaturated/α-hetero) is 3. The summed E-state index contributed by atoms with van der Waals surface area (Å²) in [7, 11) is 0. The highest BCUT2D eigenvalue weighted by atomic mass is 16.1. The van der Waals surface area contributed by atoms with Crippen LogP contribution in [0.15, 0.2) is 0 Å². The molecule has 2 aliphatic rings. The van der Waals surface area contributed by atoms with Crippen LogP contribution >= 0.6 is 0 Å². The van der Waals surface area contributed by atoms with E-state index in [1.165, 1.54) is 19.3 Å². The lowest BCUT2D eigenvalue weighted by atomic mass is 9.99. The van der Waals surface area contributed by atoms with Crippen molar-refractivity contribution in [1.29, 1.82) is 0 Å². The van der Waals surface area contributed by atoms with E-state index in [4.69, 9.17) is 0 Å². The lowest BCUT2D eigenvalue weighted by molar-refractivity contribution is -0.123. The molecule has 0 aliphatic carbocycles. The SMILES string of the molecule is CC(=O)C1CCCCN1.CC(=O)CCCN1CCCCC1C(C)=O. The maximum absolute atomic E-state index is 11.4. The molecule has 0 radical (unpaired) electrons. The van der Waals surface area contributed by atoms with E-state index in [1.807, 2.05) is 0 Å². The molecule has 2 unspecified atom stereocenters. The van der Waals surface area contributed by atoms with Crippen LogP contribution in [0.3, 0.4) is 0 Å². The fraction of sp³-hybridized carbons (Fsp3) is 0.842. The van der Waals surface area contributed by atoms with Crippen LogP contribution in [0.1, 0.15) is 72.1 Å². The van der Waals surface area contributed by atoms with E-state index in [-0.39, 0.29) is 29.4 Å². The Morgan fingerprint density at radius 1 is 0.958 bits per heavy atom. The Bertz CT molecular complexity index is 417. The standard InChI is InChI=1S/C12H21NO2.C7H13NO/c1-10(14)6-5-9-13-8-4-3-7-12(13)11(2)15;1-6(9)7-4-2-3-5-8-7/h12H,3-9H2,1-2H3;7-8H,2-5H2,1H3. The fourth-order valence-electron chi connectivity index (χ4n) is 3.45. The third-order valence-electron chi connectivity index (χ3n) is 4.86. The first-order valence-electron chi connectivity index (χ1n) is 9.39. The maximum Gasteiger partial charge on any atom is 0.146 e. The number of likely N-dealkylation sites (tertiary alicyclic amines) is 1. The number of rotatable bonds is 6. The van der Waals surface area contributed by atoms with Crippen molar-refractivity contribution in [2.24, 2.45) is 0 Å². The third-order valence-corrected chi connectivity index (χ3v) is 4.86. The van der Waals surface area contributed by atoms with Crippen molar-refractivity contribution in [2.45, 2.75) is 84.2 Å². The van der Waals surface area contributed by atoms with E-state index in [1.54, 1.807) is 20.8 Å². The second-order valence-corrected chi connectivity index (χ2v) is 7.08. The van der Waals surface area contributed by atoms with E-state index in [9.17, 15) is 14.4 Å². The molecule has 0 aromatic heterocycles. The van der Waals surface area contributed by atoms with Crippen molar-refractivity contribution >= 4 is 17.3 Å². The van der Waals surface area contributed by atoms with Gasteiger partial charge in [-0.1, -0.05) is 12.8 Å². The van der Waals surface area contributed by atoms with Gasteiger partial charge >= 0.3 is 0 Å². The second kappa shape index (κ2) is 11.5. The summed E-state index contributed by atoms with van der Waals surface area (Å²) in [6.45, 7) is 7.88. The zero-order valence-electron chi connectivity index (χ0n) is 15.6. The van der Waals surface area contributed by atoms with Crippen molar-refractivity contribution in [1.82, 2.24) is 10.2 Å². The number of ketones is 3. The van der Waals surface area contributed by atoms with E-state index < -0.39 is 0 Å². The van der Waals surface area contributed by atoms with Crippen molar-refractivity contribution in [2.75, 3.05) is 19.6 Å². The van der Waals surface area contributed by atoms with Crippen LogP contribution < -0.4 is 5.32 Å². The van der Waals surface area contributed by atoms with Gasteiger partial charge in [0.05, 0.1) is 12.1 Å². The predicted octanol–water partition coefficient (Wildman–Crippen LogP) is 2.52. The lowest BCUT2D eigenvalue weighted by Crippen LogP contribution is -2.44. The zero-order chi connectivity index (χ0) is 17.9. The molecule has 138 valence electrons. The van der Waals surface area contributed by atoms with Crippen LogP contribution in [0.25, 0.3) is 0 Å². The number of carbonyl (C=O) groups is 3. The average molecular weight is 338 g/mol. The summed E-state index contributed by atoms with van der Waals surface area (Å²) in [4.78, 5) is 35.2. The van der Waals surface area contributed by atoms with Gasteiger partial charge in [0.25, 0.3) is 0 Å². The number of hydrogen-bond donors (Lipinski definition) is 1. The van der Waals surface area contributed by atoms with Crippen LogP contribution in [0, 0.1) is 0 Å². The monoisotopic (exact) mass is 338 g/mol. The Balaban J connectivity index is 0.000000272. The van der Waals surface area contributed by atoms with Gasteiger partial charge in [-0.3, -0.25) is 14.5 Å². The van der Waals surface area contributed by atoms with Gasteiger partial charge in [0.1, 0.15) is 17.3 Å². The molecule has 0 amide bonds. The van der Waals surface area contributed by atoms with Gasteiger partial charge in [-0.05, 0) is 72.5 Å². The van der Waals surface area contributed by atoms with Crippen molar-refractivity contribution in [3.05, 3.63) is 0 Å². The van der Waals surface area contributed by atoms with E-state index in [0.717, 1.165) is 45.3 Å². The van der Waals surface area contributed by atoms with Gasteiger partial charge in [0, 0.05) is 6.42 Å². The Morgan fingerprint density at radius 3 is 2.17 bits per heavy atom. The third kappa shape index (κ3) is 8.15. The van der Waals surface area contributed by atoms with Gasteiger partial charge in [0.2, 0.25) is 0 Å². The van der Waals surface area contributed by atoms with E-state index in [2.05, 4.69) is 10.2 Å². The Kier molecular flexibility index (Phi) is 10.0. The molecule has 2 saturated heterocycles. The molecular weight excluding hydrogens is 304 g/mol. The normalized spacial score (nSPS) is 24.6. The van der Waals surface area contributed by atoms with Gasteiger partial charge in [-0.25, -0.2) is 0 Å². The Morgan fingerprint density at radius 2 is 1.67 bits per heavy atom. The molecule has 2 atom stereocenters. The molecule has 0 bridgehead atoms. The number of nitrogens with one attached hydrogen (secondary N) is 1. The number of carbonyl (C=O) groups excluding carboxylic acids is 3. The first-order valence-corrected chi connectivity index (χ1v) is 9.39. The molecule has 24 heavy (non-hydrogen) atoms. The lowest BCUT2D eigenvalue weighted by Gasteiger charge is -2.33. The van der Waals surface area contributed by atoms with Crippen molar-refractivity contribution in [3.8, 4) is 0 Å². The molecule has 0 aromatic rings. The van der Waals surface area contributed by atoms with Crippen LogP contribution in [-0.4, -0.2) is 54.0 Å². The molecular formula is C19H34N2O3. The predicted molar refractivity (Wildman–Crippen MR) is 96.1 cm³/mol. The van der Waals surface area contributed by atoms with Crippen molar-refractivity contribution < 1.29 is 14.4 Å². The number of piperidine rings is 2. The molecule has 2 aliphatic heterocycles. The van der Waals surface area contributed by atoms with Crippen LogP contribution in [0.4, 0.5) is 0 Å². The van der Waals surface area contributed by atoms with Gasteiger partial charge < -0.3 is 10.1 Å². The first kappa shape index (κ1) is 21.0. The quantitative estimate of drug-likeness (QED) is 0.806. The Hall–Kier alpha value is -1.07. The van der Waals surface area contributed by atoms with E-state index >= 15 is 0 Å². The molecule has 0 aromatic carbocycles. The highest BCUT2D eigenvalue weighted by Crippen LogP contribution is 2.18. The smallest absolute Gasteiger partial charge is 0.146 e. The van der Waals surface area contributed by atoms with Crippen LogP contribution in [0.2, 0.25) is 0 Å². The number of hydrogen-bond acceptors (Lipinski definition) is 5. The topological polar surface area (TPSA) is 66.5 Å². The van der Waals surface area contributed by atoms with Gasteiger partial charge in [-0.2, -0.15) is 0 Å². The molecule has 1 N–H and O–H groups in total. The number of nitrogens with zero attached hydrogens (tertiary/aromatic N) is 1. The molecule has 0 saturated carbocycles. The molecule has 0 spiro atoms.